The molecule has 1 saturated heterocycles. The fourth-order valence-corrected chi connectivity index (χ4v) is 3.49. The Morgan fingerprint density at radius 3 is 2.79 bits per heavy atom. The van der Waals surface area contributed by atoms with Crippen LogP contribution in [0.15, 0.2) is 28.9 Å². The summed E-state index contributed by atoms with van der Waals surface area (Å²) in [6, 6.07) is 0. The first kappa shape index (κ1) is 15.5. The van der Waals surface area contributed by atoms with Crippen molar-refractivity contribution in [3.8, 4) is 0 Å². The quantitative estimate of drug-likeness (QED) is 0.392. The van der Waals surface area contributed by atoms with E-state index in [9.17, 15) is 0 Å². The van der Waals surface area contributed by atoms with Crippen LogP contribution in [0, 0.1) is 0 Å². The summed E-state index contributed by atoms with van der Waals surface area (Å²) in [5.41, 5.74) is 3.04. The van der Waals surface area contributed by atoms with Gasteiger partial charge in [-0.3, -0.25) is 0 Å². The van der Waals surface area contributed by atoms with E-state index in [-0.39, 0.29) is 24.4 Å². The van der Waals surface area contributed by atoms with Gasteiger partial charge in [0.05, 0.1) is 24.4 Å². The van der Waals surface area contributed by atoms with Crippen LogP contribution in [-0.4, -0.2) is 29.2 Å². The maximum atomic E-state index is 6.29. The van der Waals surface area contributed by atoms with E-state index >= 15 is 0 Å². The minimum Gasteiger partial charge on any atom is -0.371 e. The van der Waals surface area contributed by atoms with E-state index < -0.39 is 0 Å². The van der Waals surface area contributed by atoms with Crippen LogP contribution >= 0.6 is 31.9 Å². The van der Waals surface area contributed by atoms with Gasteiger partial charge in [0.15, 0.2) is 0 Å². The predicted molar refractivity (Wildman–Crippen MR) is 84.9 cm³/mol. The normalized spacial score (nSPS) is 40.3. The topological polar surface area (TPSA) is 18.5 Å². The summed E-state index contributed by atoms with van der Waals surface area (Å²) >= 11 is 6.97. The number of alkyl halides is 1. The Labute approximate surface area is 132 Å². The number of halogens is 2. The molecule has 2 rings (SSSR count). The van der Waals surface area contributed by atoms with Crippen molar-refractivity contribution in [1.29, 1.82) is 0 Å². The lowest BCUT2D eigenvalue weighted by molar-refractivity contribution is -0.0522. The van der Waals surface area contributed by atoms with E-state index in [0.717, 1.165) is 25.7 Å². The third kappa shape index (κ3) is 4.30. The van der Waals surface area contributed by atoms with E-state index in [1.165, 1.54) is 0 Å². The van der Waals surface area contributed by atoms with Crippen molar-refractivity contribution in [2.24, 2.45) is 0 Å². The van der Waals surface area contributed by atoms with Gasteiger partial charge in [-0.1, -0.05) is 50.9 Å². The molecule has 0 aliphatic carbocycles. The molecule has 19 heavy (non-hydrogen) atoms. The predicted octanol–water partition coefficient (Wildman–Crippen LogP) is 4.48. The van der Waals surface area contributed by atoms with Gasteiger partial charge in [0.2, 0.25) is 0 Å². The lowest BCUT2D eigenvalue weighted by Crippen LogP contribution is -2.32. The summed E-state index contributed by atoms with van der Waals surface area (Å²) in [6.45, 7) is 2.18. The number of rotatable bonds is 2. The van der Waals surface area contributed by atoms with Gasteiger partial charge in [-0.25, -0.2) is 0 Å². The maximum Gasteiger partial charge on any atom is 0.0880 e. The minimum absolute atomic E-state index is 0.114. The van der Waals surface area contributed by atoms with Gasteiger partial charge >= 0.3 is 0 Å². The zero-order chi connectivity index (χ0) is 13.7. The SMILES string of the molecule is CC[C@H]1O[C@@H]2C[C@H](C=C=CBr)O[C@@H]2C/C=C\C[C@@H]1Br. The summed E-state index contributed by atoms with van der Waals surface area (Å²) in [5.74, 6) is 0. The molecule has 0 saturated carbocycles. The first-order chi connectivity index (χ1) is 9.24. The van der Waals surface area contributed by atoms with Crippen molar-refractivity contribution in [3.63, 3.8) is 0 Å². The minimum atomic E-state index is 0.114. The molecule has 0 unspecified atom stereocenters. The second-order valence-corrected chi connectivity index (χ2v) is 6.61. The summed E-state index contributed by atoms with van der Waals surface area (Å²) in [4.78, 5) is 2.12. The Morgan fingerprint density at radius 1 is 1.26 bits per heavy atom. The van der Waals surface area contributed by atoms with Crippen LogP contribution in [0.4, 0.5) is 0 Å². The highest BCUT2D eigenvalue weighted by molar-refractivity contribution is 9.11. The largest absolute Gasteiger partial charge is 0.371 e. The molecule has 2 heterocycles. The van der Waals surface area contributed by atoms with Crippen molar-refractivity contribution < 1.29 is 9.47 Å². The fraction of sp³-hybridized carbons (Fsp3) is 0.667. The highest BCUT2D eigenvalue weighted by atomic mass is 79.9. The summed E-state index contributed by atoms with van der Waals surface area (Å²) < 4.78 is 12.3. The zero-order valence-corrected chi connectivity index (χ0v) is 14.3. The molecule has 0 spiro atoms. The maximum absolute atomic E-state index is 6.29. The molecule has 2 nitrogen and oxygen atoms in total. The van der Waals surface area contributed by atoms with Crippen molar-refractivity contribution in [1.82, 2.24) is 0 Å². The van der Waals surface area contributed by atoms with Gasteiger partial charge in [-0.05, 0) is 25.3 Å². The van der Waals surface area contributed by atoms with Crippen LogP contribution in [-0.2, 0) is 9.47 Å². The van der Waals surface area contributed by atoms with Crippen molar-refractivity contribution >= 4 is 31.9 Å². The van der Waals surface area contributed by atoms with Gasteiger partial charge in [0, 0.05) is 16.2 Å². The second-order valence-electron chi connectivity index (χ2n) is 4.97. The highest BCUT2D eigenvalue weighted by Gasteiger charge is 2.37. The highest BCUT2D eigenvalue weighted by Crippen LogP contribution is 2.31. The Hall–Kier alpha value is 0.140. The van der Waals surface area contributed by atoms with Crippen LogP contribution in [0.5, 0.6) is 0 Å². The third-order valence-corrected chi connectivity index (χ3v) is 4.85. The number of hydrogen-bond donors (Lipinski definition) is 0. The monoisotopic (exact) mass is 390 g/mol. The standard InChI is InChI=1S/C15H20Br2O2/c1-2-13-12(17)7-3-4-8-14-15(19-13)10-11(18-14)6-5-9-16/h3-4,6,9,11-15H,2,7-8,10H2,1H3/b4-3-/t5?,11-,12-,13+,14+,15+/m0/s1. The summed E-state index contributed by atoms with van der Waals surface area (Å²) in [5, 5.41) is 0. The van der Waals surface area contributed by atoms with Crippen LogP contribution in [0.2, 0.25) is 0 Å². The average molecular weight is 392 g/mol. The molecule has 106 valence electrons. The molecule has 0 aromatic carbocycles. The zero-order valence-electron chi connectivity index (χ0n) is 11.1. The van der Waals surface area contributed by atoms with Crippen molar-refractivity contribution in [3.05, 3.63) is 28.9 Å². The van der Waals surface area contributed by atoms with Gasteiger partial charge in [-0.2, -0.15) is 0 Å². The molecule has 2 aliphatic rings. The van der Waals surface area contributed by atoms with Gasteiger partial charge in [0.1, 0.15) is 0 Å². The number of hydrogen-bond acceptors (Lipinski definition) is 2. The molecule has 0 amide bonds. The molecule has 2 aliphatic heterocycles. The molecule has 4 heteroatoms. The lowest BCUT2D eigenvalue weighted by atomic mass is 10.1. The van der Waals surface area contributed by atoms with Gasteiger partial charge < -0.3 is 9.47 Å². The third-order valence-electron chi connectivity index (χ3n) is 3.63. The first-order valence-electron chi connectivity index (χ1n) is 6.85. The molecule has 5 atom stereocenters. The first-order valence-corrected chi connectivity index (χ1v) is 8.69. The Balaban J connectivity index is 2.08. The second kappa shape index (κ2) is 7.80. The average Bonchev–Trinajstić information content (AvgIpc) is 2.81. The number of fused-ring (bicyclic) bond motifs is 1. The smallest absolute Gasteiger partial charge is 0.0880 e. The molecular formula is C15H20Br2O2. The van der Waals surface area contributed by atoms with E-state index in [4.69, 9.17) is 9.47 Å². The Bertz CT molecular complexity index is 374. The Morgan fingerprint density at radius 2 is 2.05 bits per heavy atom. The van der Waals surface area contributed by atoms with Crippen LogP contribution < -0.4 is 0 Å². The van der Waals surface area contributed by atoms with E-state index in [0.29, 0.717) is 4.83 Å². The molecule has 0 radical (unpaired) electrons. The molecule has 1 fully saturated rings. The Kier molecular flexibility index (Phi) is 6.37. The summed E-state index contributed by atoms with van der Waals surface area (Å²) in [7, 11) is 0. The van der Waals surface area contributed by atoms with Gasteiger partial charge in [0.25, 0.3) is 0 Å². The number of ether oxygens (including phenoxy) is 2. The van der Waals surface area contributed by atoms with Crippen molar-refractivity contribution in [2.45, 2.75) is 61.9 Å². The van der Waals surface area contributed by atoms with E-state index in [1.54, 1.807) is 4.99 Å². The molecule has 0 N–H and O–H groups in total. The molecule has 0 aromatic heterocycles. The molecule has 0 bridgehead atoms. The molecular weight excluding hydrogens is 372 g/mol. The summed E-state index contributed by atoms with van der Waals surface area (Å²) in [6.07, 6.45) is 11.0. The molecule has 0 aromatic rings. The van der Waals surface area contributed by atoms with Gasteiger partial charge in [-0.15, -0.1) is 5.73 Å². The fourth-order valence-electron chi connectivity index (χ4n) is 2.62. The number of allylic oxidation sites excluding steroid dienone is 1. The van der Waals surface area contributed by atoms with Crippen LogP contribution in [0.1, 0.15) is 32.6 Å². The lowest BCUT2D eigenvalue weighted by Gasteiger charge is -2.26. The van der Waals surface area contributed by atoms with Crippen LogP contribution in [0.25, 0.3) is 0 Å². The van der Waals surface area contributed by atoms with E-state index in [2.05, 4.69) is 56.7 Å². The van der Waals surface area contributed by atoms with E-state index in [1.807, 2.05) is 6.08 Å². The van der Waals surface area contributed by atoms with Crippen molar-refractivity contribution in [2.75, 3.05) is 0 Å². The van der Waals surface area contributed by atoms with Crippen LogP contribution in [0.3, 0.4) is 0 Å².